The molecule has 194 valence electrons. The Morgan fingerprint density at radius 1 is 0.914 bits per heavy atom. The molecular weight excluding hydrogens is 496 g/mol. The number of carbonyl (C=O) groups excluding carboxylic acids is 1. The van der Waals surface area contributed by atoms with E-state index in [2.05, 4.69) is 0 Å². The van der Waals surface area contributed by atoms with Crippen LogP contribution in [0, 0.1) is 5.92 Å². The fraction of sp³-hybridized carbons (Fsp3) is 0.435. The predicted molar refractivity (Wildman–Crippen MR) is 130 cm³/mol. The Labute approximate surface area is 206 Å². The summed E-state index contributed by atoms with van der Waals surface area (Å²) >= 11 is 0. The lowest BCUT2D eigenvalue weighted by molar-refractivity contribution is -0.134. The van der Waals surface area contributed by atoms with Crippen LogP contribution in [-0.2, 0) is 29.4 Å². The van der Waals surface area contributed by atoms with Crippen molar-refractivity contribution in [1.29, 1.82) is 0 Å². The van der Waals surface area contributed by atoms with Crippen molar-refractivity contribution in [2.45, 2.75) is 49.6 Å². The third-order valence-corrected chi connectivity index (χ3v) is 8.02. The average molecular weight is 529 g/mol. The lowest BCUT2D eigenvalue weighted by Crippen LogP contribution is -2.52. The molecule has 1 amide bonds. The van der Waals surface area contributed by atoms with Crippen molar-refractivity contribution >= 4 is 25.8 Å². The third-order valence-electron chi connectivity index (χ3n) is 5.00. The van der Waals surface area contributed by atoms with Crippen LogP contribution in [0.2, 0.25) is 0 Å². The molecule has 0 saturated heterocycles. The highest BCUT2D eigenvalue weighted by molar-refractivity contribution is 7.90. The second kappa shape index (κ2) is 12.0. The topological polar surface area (TPSA) is 139 Å². The highest BCUT2D eigenvalue weighted by Gasteiger charge is 2.37. The first-order valence-corrected chi connectivity index (χ1v) is 14.3. The molecular formula is C23H32N2O8S2. The third kappa shape index (κ3) is 7.74. The lowest BCUT2D eigenvalue weighted by atomic mass is 10.0. The zero-order valence-corrected chi connectivity index (χ0v) is 22.0. The molecule has 0 bridgehead atoms. The van der Waals surface area contributed by atoms with Crippen molar-refractivity contribution in [3.8, 4) is 11.5 Å². The Morgan fingerprint density at radius 3 is 1.80 bits per heavy atom. The van der Waals surface area contributed by atoms with Gasteiger partial charge in [-0.3, -0.25) is 10.0 Å². The Hall–Kier alpha value is -2.51. The Morgan fingerprint density at radius 2 is 1.40 bits per heavy atom. The number of hydrogen-bond donors (Lipinski definition) is 2. The normalized spacial score (nSPS) is 13.3. The summed E-state index contributed by atoms with van der Waals surface area (Å²) in [5.41, 5.74) is 1.56. The van der Waals surface area contributed by atoms with Gasteiger partial charge in [0.15, 0.2) is 9.84 Å². The smallest absolute Gasteiger partial charge is 0.262 e. The number of carbonyl (C=O) groups is 1. The monoisotopic (exact) mass is 528 g/mol. The molecule has 2 aromatic carbocycles. The summed E-state index contributed by atoms with van der Waals surface area (Å²) in [6.07, 6.45) is 0.973. The molecule has 2 aromatic rings. The fourth-order valence-electron chi connectivity index (χ4n) is 3.33. The molecule has 10 nitrogen and oxygen atoms in total. The van der Waals surface area contributed by atoms with E-state index in [1.165, 1.54) is 48.5 Å². The van der Waals surface area contributed by atoms with Gasteiger partial charge in [0.2, 0.25) is 10.0 Å². The summed E-state index contributed by atoms with van der Waals surface area (Å²) in [5.74, 6) is -0.571. The number of amides is 1. The van der Waals surface area contributed by atoms with Gasteiger partial charge in [-0.25, -0.2) is 22.3 Å². The van der Waals surface area contributed by atoms with Gasteiger partial charge in [-0.1, -0.05) is 13.8 Å². The highest BCUT2D eigenvalue weighted by atomic mass is 32.2. The number of hydroxylamine groups is 1. The van der Waals surface area contributed by atoms with Gasteiger partial charge in [0.25, 0.3) is 5.91 Å². The standard InChI is InChI=1S/C23H32N2O8S2/c1-16(2)22(23(26)24-27)25(14-15-32-17(3)4)35(30,31)21-12-8-19(9-13-21)33-18-6-10-20(11-7-18)34(5,28)29/h6-13,16-17,22,27H,14-15H2,1-5H3,(H,24,26). The lowest BCUT2D eigenvalue weighted by Gasteiger charge is -2.32. The zero-order valence-electron chi connectivity index (χ0n) is 20.3. The number of nitrogens with zero attached hydrogens (tertiary/aromatic N) is 1. The largest absolute Gasteiger partial charge is 0.457 e. The molecule has 35 heavy (non-hydrogen) atoms. The summed E-state index contributed by atoms with van der Waals surface area (Å²) in [7, 11) is -7.49. The molecule has 1 atom stereocenters. The number of sulfone groups is 1. The van der Waals surface area contributed by atoms with Crippen molar-refractivity contribution in [3.63, 3.8) is 0 Å². The van der Waals surface area contributed by atoms with E-state index in [0.29, 0.717) is 11.5 Å². The van der Waals surface area contributed by atoms with Crippen LogP contribution in [0.1, 0.15) is 27.7 Å². The highest BCUT2D eigenvalue weighted by Crippen LogP contribution is 2.27. The average Bonchev–Trinajstić information content (AvgIpc) is 2.77. The Bertz CT molecular complexity index is 1190. The molecule has 0 heterocycles. The number of nitrogens with one attached hydrogen (secondary N) is 1. The summed E-state index contributed by atoms with van der Waals surface area (Å²) in [6, 6.07) is 10.3. The van der Waals surface area contributed by atoms with Gasteiger partial charge >= 0.3 is 0 Å². The number of hydrogen-bond acceptors (Lipinski definition) is 8. The van der Waals surface area contributed by atoms with E-state index in [0.717, 1.165) is 10.6 Å². The van der Waals surface area contributed by atoms with Gasteiger partial charge < -0.3 is 9.47 Å². The number of rotatable bonds is 12. The van der Waals surface area contributed by atoms with E-state index in [-0.39, 0.29) is 29.0 Å². The molecule has 12 heteroatoms. The van der Waals surface area contributed by atoms with E-state index < -0.39 is 37.7 Å². The number of ether oxygens (including phenoxy) is 2. The second-order valence-corrected chi connectivity index (χ2v) is 12.4. The van der Waals surface area contributed by atoms with Crippen LogP contribution in [0.25, 0.3) is 0 Å². The first kappa shape index (κ1) is 28.7. The molecule has 0 aliphatic rings. The van der Waals surface area contributed by atoms with E-state index in [4.69, 9.17) is 9.47 Å². The maximum absolute atomic E-state index is 13.5. The van der Waals surface area contributed by atoms with Crippen LogP contribution in [0.5, 0.6) is 11.5 Å². The van der Waals surface area contributed by atoms with Crippen LogP contribution in [0.3, 0.4) is 0 Å². The van der Waals surface area contributed by atoms with E-state index in [1.807, 2.05) is 13.8 Å². The molecule has 0 spiro atoms. The van der Waals surface area contributed by atoms with Crippen molar-refractivity contribution in [2.75, 3.05) is 19.4 Å². The Kier molecular flexibility index (Phi) is 9.81. The van der Waals surface area contributed by atoms with Gasteiger partial charge in [-0.2, -0.15) is 4.31 Å². The molecule has 2 N–H and O–H groups in total. The second-order valence-electron chi connectivity index (χ2n) is 8.52. The summed E-state index contributed by atoms with van der Waals surface area (Å²) in [5, 5.41) is 9.19. The molecule has 0 radical (unpaired) electrons. The molecule has 0 saturated carbocycles. The van der Waals surface area contributed by atoms with Crippen molar-refractivity contribution in [3.05, 3.63) is 48.5 Å². The van der Waals surface area contributed by atoms with Crippen LogP contribution in [0.4, 0.5) is 0 Å². The summed E-state index contributed by atoms with van der Waals surface area (Å²) < 4.78 is 62.4. The SMILES string of the molecule is CC(C)OCCN(C(C(=O)NO)C(C)C)S(=O)(=O)c1ccc(Oc2ccc(S(C)(=O)=O)cc2)cc1. The van der Waals surface area contributed by atoms with E-state index >= 15 is 0 Å². The quantitative estimate of drug-likeness (QED) is 0.317. The fourth-order valence-corrected chi connectivity index (χ4v) is 5.66. The van der Waals surface area contributed by atoms with Crippen LogP contribution < -0.4 is 10.2 Å². The minimum absolute atomic E-state index is 0.0590. The molecule has 1 unspecified atom stereocenters. The van der Waals surface area contributed by atoms with Gasteiger partial charge in [0.05, 0.1) is 22.5 Å². The van der Waals surface area contributed by atoms with Gasteiger partial charge in [0, 0.05) is 12.8 Å². The van der Waals surface area contributed by atoms with Crippen LogP contribution in [-0.4, -0.2) is 63.8 Å². The maximum Gasteiger partial charge on any atom is 0.262 e. The zero-order chi connectivity index (χ0) is 26.4. The van der Waals surface area contributed by atoms with Gasteiger partial charge in [0.1, 0.15) is 17.5 Å². The summed E-state index contributed by atoms with van der Waals surface area (Å²) in [6.45, 7) is 6.94. The number of benzene rings is 2. The minimum atomic E-state index is -4.15. The number of sulfonamides is 1. The predicted octanol–water partition coefficient (Wildman–Crippen LogP) is 2.83. The molecule has 0 aliphatic carbocycles. The minimum Gasteiger partial charge on any atom is -0.457 e. The maximum atomic E-state index is 13.5. The van der Waals surface area contributed by atoms with E-state index in [1.54, 1.807) is 19.3 Å². The first-order valence-electron chi connectivity index (χ1n) is 10.9. The molecule has 2 rings (SSSR count). The van der Waals surface area contributed by atoms with E-state index in [9.17, 15) is 26.8 Å². The Balaban J connectivity index is 2.31. The molecule has 0 aliphatic heterocycles. The van der Waals surface area contributed by atoms with Crippen molar-refractivity contribution in [2.24, 2.45) is 5.92 Å². The first-order chi connectivity index (χ1) is 16.3. The van der Waals surface area contributed by atoms with Crippen molar-refractivity contribution < 1.29 is 36.3 Å². The molecule has 0 aromatic heterocycles. The van der Waals surface area contributed by atoms with Crippen molar-refractivity contribution in [1.82, 2.24) is 9.79 Å². The molecule has 0 fully saturated rings. The van der Waals surface area contributed by atoms with Crippen LogP contribution >= 0.6 is 0 Å². The van der Waals surface area contributed by atoms with Crippen LogP contribution in [0.15, 0.2) is 58.3 Å². The van der Waals surface area contributed by atoms with Gasteiger partial charge in [-0.15, -0.1) is 0 Å². The summed E-state index contributed by atoms with van der Waals surface area (Å²) in [4.78, 5) is 12.4. The van der Waals surface area contributed by atoms with Gasteiger partial charge in [-0.05, 0) is 68.3 Å².